The predicted molar refractivity (Wildman–Crippen MR) is 226 cm³/mol. The van der Waals surface area contributed by atoms with Crippen LogP contribution in [0.3, 0.4) is 0 Å². The van der Waals surface area contributed by atoms with Crippen LogP contribution in [0.5, 0.6) is 0 Å². The first-order valence-corrected chi connectivity index (χ1v) is 18.4. The van der Waals surface area contributed by atoms with Crippen LogP contribution in [0.2, 0.25) is 0 Å². The number of aromatic nitrogens is 1. The molecule has 1 aliphatic carbocycles. The van der Waals surface area contributed by atoms with Gasteiger partial charge in [-0.15, -0.1) is 0 Å². The first-order chi connectivity index (χ1) is 26.7. The van der Waals surface area contributed by atoms with Crippen molar-refractivity contribution in [1.82, 2.24) is 4.98 Å². The lowest BCUT2D eigenvalue weighted by atomic mass is 9.77. The molecule has 2 nitrogen and oxygen atoms in total. The van der Waals surface area contributed by atoms with Crippen LogP contribution in [0.4, 0.5) is 0 Å². The molecule has 1 heterocycles. The summed E-state index contributed by atoms with van der Waals surface area (Å²) >= 11 is 0. The first kappa shape index (κ1) is 31.7. The van der Waals surface area contributed by atoms with Gasteiger partial charge in [-0.2, -0.15) is 0 Å². The van der Waals surface area contributed by atoms with Gasteiger partial charge in [-0.05, 0) is 95.9 Å². The van der Waals surface area contributed by atoms with Gasteiger partial charge in [-0.1, -0.05) is 176 Å². The molecule has 54 heavy (non-hydrogen) atoms. The average molecular weight is 690 g/mol. The number of allylic oxidation sites excluding steroid dienone is 5. The van der Waals surface area contributed by atoms with Crippen molar-refractivity contribution < 1.29 is 4.42 Å². The zero-order chi connectivity index (χ0) is 36.0. The van der Waals surface area contributed by atoms with Crippen LogP contribution in [0, 0.1) is 0 Å². The SMILES string of the molecule is C=C1C(c2ccccc2)=CC(c2ccccc2-c2c(-c3cccc4nc(-c5ccc6ccccc6c5)oc34)ccc3ccccc23)=CC1c1ccccc1. The fourth-order valence-corrected chi connectivity index (χ4v) is 8.10. The van der Waals surface area contributed by atoms with Crippen molar-refractivity contribution in [1.29, 1.82) is 0 Å². The predicted octanol–water partition coefficient (Wildman–Crippen LogP) is 14.0. The fraction of sp³-hybridized carbons (Fsp3) is 0.0192. The van der Waals surface area contributed by atoms with Crippen molar-refractivity contribution in [3.8, 4) is 33.7 Å². The van der Waals surface area contributed by atoms with Gasteiger partial charge in [0.2, 0.25) is 5.89 Å². The third kappa shape index (κ3) is 5.48. The maximum absolute atomic E-state index is 6.73. The summed E-state index contributed by atoms with van der Waals surface area (Å²) < 4.78 is 6.73. The summed E-state index contributed by atoms with van der Waals surface area (Å²) in [5, 5.41) is 4.71. The highest BCUT2D eigenvalue weighted by Gasteiger charge is 2.25. The van der Waals surface area contributed by atoms with E-state index >= 15 is 0 Å². The normalized spacial score (nSPS) is 14.4. The topological polar surface area (TPSA) is 26.0 Å². The van der Waals surface area contributed by atoms with Crippen LogP contribution in [0.15, 0.2) is 211 Å². The summed E-state index contributed by atoms with van der Waals surface area (Å²) in [6.45, 7) is 4.67. The minimum absolute atomic E-state index is 0.0259. The van der Waals surface area contributed by atoms with Crippen LogP contribution in [0.25, 0.3) is 77.5 Å². The lowest BCUT2D eigenvalue weighted by molar-refractivity contribution is 0.621. The molecule has 1 atom stereocenters. The molecule has 1 unspecified atom stereocenters. The van der Waals surface area contributed by atoms with E-state index in [1.54, 1.807) is 0 Å². The van der Waals surface area contributed by atoms with Gasteiger partial charge < -0.3 is 4.42 Å². The largest absolute Gasteiger partial charge is 0.435 e. The number of fused-ring (bicyclic) bond motifs is 3. The molecule has 1 aliphatic rings. The Balaban J connectivity index is 1.19. The number of para-hydroxylation sites is 1. The maximum Gasteiger partial charge on any atom is 0.227 e. The number of nitrogens with zero attached hydrogens (tertiary/aromatic N) is 1. The Kier molecular flexibility index (Phi) is 7.74. The van der Waals surface area contributed by atoms with Gasteiger partial charge in [-0.25, -0.2) is 4.98 Å². The minimum atomic E-state index is 0.0259. The molecular formula is C52H35NO. The van der Waals surface area contributed by atoms with Crippen molar-refractivity contribution in [3.05, 3.63) is 223 Å². The molecule has 0 spiro atoms. The second-order valence-electron chi connectivity index (χ2n) is 13.9. The third-order valence-electron chi connectivity index (χ3n) is 10.7. The van der Waals surface area contributed by atoms with Gasteiger partial charge in [-0.3, -0.25) is 0 Å². The van der Waals surface area contributed by atoms with Crippen LogP contribution in [-0.2, 0) is 0 Å². The summed E-state index contributed by atoms with van der Waals surface area (Å²) in [6, 6.07) is 64.4. The Morgan fingerprint density at radius 3 is 2.00 bits per heavy atom. The third-order valence-corrected chi connectivity index (χ3v) is 10.7. The molecule has 0 aliphatic heterocycles. The molecule has 0 saturated heterocycles. The average Bonchev–Trinajstić information content (AvgIpc) is 3.69. The van der Waals surface area contributed by atoms with E-state index in [-0.39, 0.29) is 5.92 Å². The van der Waals surface area contributed by atoms with E-state index in [1.165, 1.54) is 32.9 Å². The molecule has 0 fully saturated rings. The zero-order valence-electron chi connectivity index (χ0n) is 29.6. The lowest BCUT2D eigenvalue weighted by Crippen LogP contribution is -2.07. The number of rotatable bonds is 6. The van der Waals surface area contributed by atoms with Crippen molar-refractivity contribution >= 4 is 43.8 Å². The summed E-state index contributed by atoms with van der Waals surface area (Å²) in [6.07, 6.45) is 4.72. The molecule has 2 heteroatoms. The van der Waals surface area contributed by atoms with E-state index in [0.717, 1.165) is 61.0 Å². The molecule has 8 aromatic carbocycles. The number of hydrogen-bond acceptors (Lipinski definition) is 2. The molecule has 9 aromatic rings. The number of oxazole rings is 1. The van der Waals surface area contributed by atoms with Crippen LogP contribution in [-0.4, -0.2) is 4.98 Å². The summed E-state index contributed by atoms with van der Waals surface area (Å²) in [5.41, 5.74) is 14.0. The second-order valence-corrected chi connectivity index (χ2v) is 13.9. The second kappa shape index (κ2) is 13.2. The summed E-state index contributed by atoms with van der Waals surface area (Å²) in [7, 11) is 0. The monoisotopic (exact) mass is 689 g/mol. The zero-order valence-corrected chi connectivity index (χ0v) is 29.6. The molecule has 0 N–H and O–H groups in total. The Hall–Kier alpha value is -7.03. The van der Waals surface area contributed by atoms with Crippen molar-refractivity contribution in [2.75, 3.05) is 0 Å². The summed E-state index contributed by atoms with van der Waals surface area (Å²) in [4.78, 5) is 5.02. The van der Waals surface area contributed by atoms with Crippen molar-refractivity contribution in [2.45, 2.75) is 5.92 Å². The van der Waals surface area contributed by atoms with E-state index in [9.17, 15) is 0 Å². The van der Waals surface area contributed by atoms with E-state index in [2.05, 4.69) is 195 Å². The first-order valence-electron chi connectivity index (χ1n) is 18.4. The number of hydrogen-bond donors (Lipinski definition) is 0. The Bertz CT molecular complexity index is 2950. The molecule has 0 amide bonds. The van der Waals surface area contributed by atoms with Crippen molar-refractivity contribution in [3.63, 3.8) is 0 Å². The van der Waals surface area contributed by atoms with Crippen LogP contribution in [0.1, 0.15) is 22.6 Å². The fourth-order valence-electron chi connectivity index (χ4n) is 8.10. The highest BCUT2D eigenvalue weighted by molar-refractivity contribution is 6.10. The molecule has 0 saturated carbocycles. The van der Waals surface area contributed by atoms with Gasteiger partial charge in [0.1, 0.15) is 5.52 Å². The molecule has 0 bridgehead atoms. The lowest BCUT2D eigenvalue weighted by Gasteiger charge is -2.27. The minimum Gasteiger partial charge on any atom is -0.435 e. The maximum atomic E-state index is 6.73. The molecular weight excluding hydrogens is 655 g/mol. The standard InChI is InChI=1S/C52H35NO/c1-34-47(36-16-4-2-5-17-36)32-41(33-48(34)37-18-6-3-7-19-37)42-22-12-13-24-44(42)50-43-23-11-10-20-38(43)29-30-45(50)46-25-14-26-49-51(46)54-52(53-49)40-28-27-35-15-8-9-21-39(35)31-40/h2-33,47H,1H2. The highest BCUT2D eigenvalue weighted by atomic mass is 16.3. The van der Waals surface area contributed by atoms with Gasteiger partial charge in [0, 0.05) is 17.0 Å². The quantitative estimate of drug-likeness (QED) is 0.174. The van der Waals surface area contributed by atoms with Gasteiger partial charge in [0.05, 0.1) is 0 Å². The van der Waals surface area contributed by atoms with E-state index in [1.807, 2.05) is 6.07 Å². The smallest absolute Gasteiger partial charge is 0.227 e. The van der Waals surface area contributed by atoms with Gasteiger partial charge >= 0.3 is 0 Å². The molecule has 254 valence electrons. The Labute approximate surface area is 314 Å². The van der Waals surface area contributed by atoms with Crippen LogP contribution >= 0.6 is 0 Å². The molecule has 0 radical (unpaired) electrons. The Morgan fingerprint density at radius 2 is 1.17 bits per heavy atom. The van der Waals surface area contributed by atoms with E-state index < -0.39 is 0 Å². The summed E-state index contributed by atoms with van der Waals surface area (Å²) in [5.74, 6) is 0.641. The Morgan fingerprint density at radius 1 is 0.500 bits per heavy atom. The van der Waals surface area contributed by atoms with Crippen LogP contribution < -0.4 is 0 Å². The van der Waals surface area contributed by atoms with Gasteiger partial charge in [0.15, 0.2) is 5.58 Å². The van der Waals surface area contributed by atoms with Crippen molar-refractivity contribution in [2.24, 2.45) is 0 Å². The molecule has 1 aromatic heterocycles. The number of benzene rings is 8. The van der Waals surface area contributed by atoms with E-state index in [4.69, 9.17) is 9.40 Å². The molecule has 10 rings (SSSR count). The van der Waals surface area contributed by atoms with E-state index in [0.29, 0.717) is 5.89 Å². The van der Waals surface area contributed by atoms with Gasteiger partial charge in [0.25, 0.3) is 0 Å². The highest BCUT2D eigenvalue weighted by Crippen LogP contribution is 2.47.